The molecule has 0 aliphatic heterocycles. The fourth-order valence-corrected chi connectivity index (χ4v) is 2.41. The molecule has 0 aromatic heterocycles. The molecule has 0 heterocycles. The summed E-state index contributed by atoms with van der Waals surface area (Å²) in [6.07, 6.45) is 0. The Bertz CT molecular complexity index is 823. The second-order valence-corrected chi connectivity index (χ2v) is 6.22. The Labute approximate surface area is 155 Å². The van der Waals surface area contributed by atoms with Crippen LogP contribution in [0.1, 0.15) is 35.8 Å². The fourth-order valence-electron chi connectivity index (χ4n) is 2.28. The highest BCUT2D eigenvalue weighted by molar-refractivity contribution is 6.30. The molecule has 0 saturated carbocycles. The summed E-state index contributed by atoms with van der Waals surface area (Å²) in [5, 5.41) is 16.7. The van der Waals surface area contributed by atoms with Gasteiger partial charge in [0.1, 0.15) is 6.04 Å². The van der Waals surface area contributed by atoms with Crippen molar-refractivity contribution in [2.24, 2.45) is 0 Å². The monoisotopic (exact) mass is 375 g/mol. The average Bonchev–Trinajstić information content (AvgIpc) is 2.62. The van der Waals surface area contributed by atoms with Gasteiger partial charge in [-0.25, -0.2) is 0 Å². The van der Waals surface area contributed by atoms with Crippen LogP contribution in [0, 0.1) is 10.1 Å². The van der Waals surface area contributed by atoms with E-state index < -0.39 is 16.9 Å². The number of rotatable bonds is 6. The van der Waals surface area contributed by atoms with Gasteiger partial charge in [0, 0.05) is 22.7 Å². The molecule has 0 aliphatic carbocycles. The second-order valence-electron chi connectivity index (χ2n) is 5.78. The number of amides is 2. The molecule has 2 atom stereocenters. The maximum absolute atomic E-state index is 12.3. The molecular formula is C18H18ClN3O4. The third-order valence-corrected chi connectivity index (χ3v) is 4.04. The summed E-state index contributed by atoms with van der Waals surface area (Å²) in [6.45, 7) is 3.36. The number of hydrogen-bond donors (Lipinski definition) is 2. The number of non-ortho nitro benzene ring substituents is 1. The van der Waals surface area contributed by atoms with Gasteiger partial charge in [-0.05, 0) is 37.6 Å². The first-order chi connectivity index (χ1) is 12.3. The minimum atomic E-state index is -0.809. The van der Waals surface area contributed by atoms with Crippen molar-refractivity contribution in [1.29, 1.82) is 0 Å². The van der Waals surface area contributed by atoms with E-state index in [1.54, 1.807) is 31.2 Å². The number of nitrogens with one attached hydrogen (secondary N) is 2. The van der Waals surface area contributed by atoms with E-state index in [-0.39, 0.29) is 23.2 Å². The van der Waals surface area contributed by atoms with Crippen molar-refractivity contribution in [3.63, 3.8) is 0 Å². The van der Waals surface area contributed by atoms with Gasteiger partial charge in [-0.3, -0.25) is 19.7 Å². The Kier molecular flexibility index (Phi) is 6.30. The highest BCUT2D eigenvalue weighted by atomic mass is 35.5. The van der Waals surface area contributed by atoms with Crippen LogP contribution in [0.15, 0.2) is 48.5 Å². The Morgan fingerprint density at radius 3 is 2.35 bits per heavy atom. The molecule has 0 radical (unpaired) electrons. The van der Waals surface area contributed by atoms with Crippen LogP contribution in [0.5, 0.6) is 0 Å². The first-order valence-electron chi connectivity index (χ1n) is 7.89. The number of hydrogen-bond acceptors (Lipinski definition) is 4. The number of nitro groups is 1. The lowest BCUT2D eigenvalue weighted by Gasteiger charge is -2.19. The molecule has 2 rings (SSSR count). The maximum atomic E-state index is 12.3. The third-order valence-electron chi connectivity index (χ3n) is 3.79. The van der Waals surface area contributed by atoms with Crippen molar-refractivity contribution >= 4 is 29.1 Å². The van der Waals surface area contributed by atoms with Gasteiger partial charge < -0.3 is 10.6 Å². The first-order valence-corrected chi connectivity index (χ1v) is 8.27. The molecule has 26 heavy (non-hydrogen) atoms. The van der Waals surface area contributed by atoms with E-state index in [2.05, 4.69) is 10.6 Å². The molecule has 2 unspecified atom stereocenters. The van der Waals surface area contributed by atoms with Crippen molar-refractivity contribution in [2.75, 3.05) is 0 Å². The van der Waals surface area contributed by atoms with Crippen LogP contribution < -0.4 is 10.6 Å². The van der Waals surface area contributed by atoms with Crippen molar-refractivity contribution in [1.82, 2.24) is 10.6 Å². The smallest absolute Gasteiger partial charge is 0.270 e. The second kappa shape index (κ2) is 8.44. The maximum Gasteiger partial charge on any atom is 0.270 e. The molecule has 0 bridgehead atoms. The van der Waals surface area contributed by atoms with E-state index in [9.17, 15) is 19.7 Å². The lowest BCUT2D eigenvalue weighted by molar-refractivity contribution is -0.384. The molecular weight excluding hydrogens is 358 g/mol. The van der Waals surface area contributed by atoms with Crippen LogP contribution in [0.2, 0.25) is 5.02 Å². The van der Waals surface area contributed by atoms with E-state index >= 15 is 0 Å². The normalized spacial score (nSPS) is 12.7. The zero-order valence-electron chi connectivity index (χ0n) is 14.2. The van der Waals surface area contributed by atoms with Gasteiger partial charge in [0.05, 0.1) is 11.0 Å². The average molecular weight is 376 g/mol. The van der Waals surface area contributed by atoms with Gasteiger partial charge in [-0.15, -0.1) is 0 Å². The SMILES string of the molecule is CC(NC(=O)c1cccc([N+](=O)[O-])c1)C(=O)NC(C)c1ccc(Cl)cc1. The minimum Gasteiger partial charge on any atom is -0.348 e. The molecule has 7 nitrogen and oxygen atoms in total. The largest absolute Gasteiger partial charge is 0.348 e. The molecule has 0 aliphatic rings. The predicted octanol–water partition coefficient (Wildman–Crippen LogP) is 3.24. The summed E-state index contributed by atoms with van der Waals surface area (Å²) in [4.78, 5) is 34.7. The van der Waals surface area contributed by atoms with E-state index in [4.69, 9.17) is 11.6 Å². The van der Waals surface area contributed by atoms with Crippen LogP contribution in [0.25, 0.3) is 0 Å². The Hall–Kier alpha value is -2.93. The highest BCUT2D eigenvalue weighted by Gasteiger charge is 2.20. The number of nitrogens with zero attached hydrogens (tertiary/aromatic N) is 1. The Morgan fingerprint density at radius 1 is 1.08 bits per heavy atom. The lowest BCUT2D eigenvalue weighted by atomic mass is 10.1. The standard InChI is InChI=1S/C18H18ClN3O4/c1-11(13-6-8-15(19)9-7-13)20-17(23)12(2)21-18(24)14-4-3-5-16(10-14)22(25)26/h3-12H,1-2H3,(H,20,23)(H,21,24). The number of carbonyl (C=O) groups is 2. The van der Waals surface area contributed by atoms with Gasteiger partial charge in [0.15, 0.2) is 0 Å². The number of benzene rings is 2. The molecule has 0 spiro atoms. The summed E-state index contributed by atoms with van der Waals surface area (Å²) in [5.41, 5.74) is 0.802. The summed E-state index contributed by atoms with van der Waals surface area (Å²) in [6, 6.07) is 11.3. The van der Waals surface area contributed by atoms with Crippen molar-refractivity contribution in [2.45, 2.75) is 25.9 Å². The van der Waals surface area contributed by atoms with Crippen molar-refractivity contribution in [3.05, 3.63) is 74.8 Å². The molecule has 2 amide bonds. The topological polar surface area (TPSA) is 101 Å². The number of carbonyl (C=O) groups excluding carboxylic acids is 2. The fraction of sp³-hybridized carbons (Fsp3) is 0.222. The number of halogens is 1. The van der Waals surface area contributed by atoms with Crippen molar-refractivity contribution < 1.29 is 14.5 Å². The van der Waals surface area contributed by atoms with E-state index in [0.717, 1.165) is 11.6 Å². The Morgan fingerprint density at radius 2 is 1.73 bits per heavy atom. The molecule has 0 fully saturated rings. The predicted molar refractivity (Wildman–Crippen MR) is 98.0 cm³/mol. The van der Waals surface area contributed by atoms with Crippen LogP contribution in [0.4, 0.5) is 5.69 Å². The van der Waals surface area contributed by atoms with Gasteiger partial charge in [0.25, 0.3) is 11.6 Å². The molecule has 136 valence electrons. The summed E-state index contributed by atoms with van der Waals surface area (Å²) in [7, 11) is 0. The minimum absolute atomic E-state index is 0.115. The van der Waals surface area contributed by atoms with Gasteiger partial charge in [0.2, 0.25) is 5.91 Å². The lowest BCUT2D eigenvalue weighted by Crippen LogP contribution is -2.45. The molecule has 2 N–H and O–H groups in total. The first kappa shape index (κ1) is 19.4. The highest BCUT2D eigenvalue weighted by Crippen LogP contribution is 2.16. The van der Waals surface area contributed by atoms with Gasteiger partial charge in [-0.1, -0.05) is 29.8 Å². The molecule has 2 aromatic rings. The molecule has 0 saturated heterocycles. The third kappa shape index (κ3) is 5.03. The zero-order valence-corrected chi connectivity index (χ0v) is 15.0. The van der Waals surface area contributed by atoms with Gasteiger partial charge in [-0.2, -0.15) is 0 Å². The van der Waals surface area contributed by atoms with Crippen LogP contribution in [-0.2, 0) is 4.79 Å². The van der Waals surface area contributed by atoms with Crippen molar-refractivity contribution in [3.8, 4) is 0 Å². The Balaban J connectivity index is 1.97. The van der Waals surface area contributed by atoms with Crippen LogP contribution in [-0.4, -0.2) is 22.8 Å². The zero-order chi connectivity index (χ0) is 19.3. The van der Waals surface area contributed by atoms with E-state index in [0.29, 0.717) is 5.02 Å². The number of nitro benzene ring substituents is 1. The van der Waals surface area contributed by atoms with Crippen LogP contribution in [0.3, 0.4) is 0 Å². The van der Waals surface area contributed by atoms with Gasteiger partial charge >= 0.3 is 0 Å². The quantitative estimate of drug-likeness (QED) is 0.597. The summed E-state index contributed by atoms with van der Waals surface area (Å²) in [5.74, 6) is -0.929. The van der Waals surface area contributed by atoms with E-state index in [1.807, 2.05) is 6.92 Å². The molecule has 2 aromatic carbocycles. The summed E-state index contributed by atoms with van der Waals surface area (Å²) < 4.78 is 0. The molecule has 8 heteroatoms. The van der Waals surface area contributed by atoms with Crippen LogP contribution >= 0.6 is 11.6 Å². The summed E-state index contributed by atoms with van der Waals surface area (Å²) >= 11 is 5.84. The van der Waals surface area contributed by atoms with E-state index in [1.165, 1.54) is 18.2 Å².